The lowest BCUT2D eigenvalue weighted by Crippen LogP contribution is -2.60. The fourth-order valence-corrected chi connectivity index (χ4v) is 4.09. The second-order valence-electron chi connectivity index (χ2n) is 12.2. The minimum Gasteiger partial charge on any atom is -0.481 e. The first-order valence-electron chi connectivity index (χ1n) is 15.9. The summed E-state index contributed by atoms with van der Waals surface area (Å²) in [6.07, 6.45) is -3.34. The molecule has 0 rings (SSSR count). The van der Waals surface area contributed by atoms with Crippen LogP contribution in [0.3, 0.4) is 0 Å². The molecule has 0 aromatic rings. The minimum absolute atomic E-state index is 0.0582. The fourth-order valence-electron chi connectivity index (χ4n) is 4.09. The van der Waals surface area contributed by atoms with Crippen molar-refractivity contribution in [1.82, 2.24) is 31.9 Å². The Kier molecular flexibility index (Phi) is 20.1. The van der Waals surface area contributed by atoms with Crippen molar-refractivity contribution in [3.63, 3.8) is 0 Å². The molecule has 0 aliphatic heterocycles. The molecule has 0 aliphatic rings. The Morgan fingerprint density at radius 2 is 1.00 bits per heavy atom. The second kappa shape index (κ2) is 22.4. The van der Waals surface area contributed by atoms with Crippen LogP contribution < -0.4 is 49.1 Å². The van der Waals surface area contributed by atoms with Gasteiger partial charge in [0.15, 0.2) is 0 Å². The Balaban J connectivity index is 6.13. The summed E-state index contributed by atoms with van der Waals surface area (Å²) in [5.41, 5.74) is 14.8. The van der Waals surface area contributed by atoms with E-state index in [4.69, 9.17) is 17.2 Å². The van der Waals surface area contributed by atoms with Crippen molar-refractivity contribution in [2.24, 2.45) is 17.2 Å². The zero-order chi connectivity index (χ0) is 40.3. The number of hydrogen-bond donors (Lipinski definition) is 13. The van der Waals surface area contributed by atoms with Gasteiger partial charge in [-0.25, -0.2) is 0 Å². The molecule has 0 aromatic carbocycles. The van der Waals surface area contributed by atoms with Crippen LogP contribution in [0, 0.1) is 0 Å². The van der Waals surface area contributed by atoms with Gasteiger partial charge in [-0.1, -0.05) is 0 Å². The third kappa shape index (κ3) is 18.0. The van der Waals surface area contributed by atoms with Gasteiger partial charge < -0.3 is 69.5 Å². The van der Waals surface area contributed by atoms with Gasteiger partial charge >= 0.3 is 17.9 Å². The first kappa shape index (κ1) is 46.6. The average Bonchev–Trinajstić information content (AvgIpc) is 3.03. The largest absolute Gasteiger partial charge is 0.481 e. The van der Waals surface area contributed by atoms with Gasteiger partial charge in [0, 0.05) is 12.8 Å². The van der Waals surface area contributed by atoms with Gasteiger partial charge in [0.05, 0.1) is 18.6 Å². The second-order valence-corrected chi connectivity index (χ2v) is 12.2. The summed E-state index contributed by atoms with van der Waals surface area (Å²) in [5, 5.41) is 50.2. The van der Waals surface area contributed by atoms with Crippen molar-refractivity contribution in [1.29, 1.82) is 0 Å². The van der Waals surface area contributed by atoms with Gasteiger partial charge in [0.2, 0.25) is 41.4 Å². The van der Waals surface area contributed by atoms with E-state index in [1.807, 2.05) is 0 Å². The quantitative estimate of drug-likeness (QED) is 0.0413. The maximum atomic E-state index is 13.4. The molecule has 0 aliphatic carbocycles. The highest BCUT2D eigenvalue weighted by Crippen LogP contribution is 2.07. The molecule has 0 radical (unpaired) electrons. The predicted molar refractivity (Wildman–Crippen MR) is 176 cm³/mol. The van der Waals surface area contributed by atoms with Crippen molar-refractivity contribution >= 4 is 59.3 Å². The van der Waals surface area contributed by atoms with Gasteiger partial charge in [0.25, 0.3) is 0 Å². The molecule has 52 heavy (non-hydrogen) atoms. The van der Waals surface area contributed by atoms with E-state index in [1.165, 1.54) is 13.8 Å². The van der Waals surface area contributed by atoms with Crippen LogP contribution >= 0.6 is 0 Å². The Morgan fingerprint density at radius 1 is 0.596 bits per heavy atom. The molecular weight excluding hydrogens is 698 g/mol. The van der Waals surface area contributed by atoms with Crippen molar-refractivity contribution < 1.29 is 68.4 Å². The minimum atomic E-state index is -1.70. The third-order valence-corrected chi connectivity index (χ3v) is 7.07. The van der Waals surface area contributed by atoms with Gasteiger partial charge in [-0.2, -0.15) is 0 Å². The Hall–Kier alpha value is -5.42. The average molecular weight is 748 g/mol. The highest BCUT2D eigenvalue weighted by Gasteiger charge is 2.34. The number of aliphatic hydroxyl groups excluding tert-OH is 1. The van der Waals surface area contributed by atoms with E-state index in [9.17, 15) is 68.4 Å². The maximum Gasteiger partial charge on any atom is 0.305 e. The summed E-state index contributed by atoms with van der Waals surface area (Å²) >= 11 is 0. The molecule has 23 nitrogen and oxygen atoms in total. The summed E-state index contributed by atoms with van der Waals surface area (Å²) in [6, 6.07) is -9.50. The Morgan fingerprint density at radius 3 is 1.37 bits per heavy atom. The third-order valence-electron chi connectivity index (χ3n) is 7.07. The van der Waals surface area contributed by atoms with Crippen LogP contribution in [0.25, 0.3) is 0 Å². The van der Waals surface area contributed by atoms with Crippen LogP contribution in [0.5, 0.6) is 0 Å². The number of carbonyl (C=O) groups is 10. The molecule has 0 bridgehead atoms. The number of aliphatic carboxylic acids is 3. The number of aliphatic hydroxyl groups is 1. The summed E-state index contributed by atoms with van der Waals surface area (Å²) in [4.78, 5) is 123. The SMILES string of the molecule is CC(NC(=O)C(CC(=O)O)NC(=O)C(C)(C)N)C(=O)NC(CCC(=O)O)C(=O)NC(CCC(=O)O)C(=O)NC(CCCN)C(=O)NC(CO)C(N)=O. The standard InChI is InChI=1S/C29H49N9O14/c1-13(33-27(51)17(11-21(44)45)38-28(52)29(2,3)32)23(47)34-15(6-8-19(40)41)25(49)36-16(7-9-20(42)43)26(50)35-14(5-4-10-30)24(48)37-18(12-39)22(31)46/h13-18,39H,4-12,30,32H2,1-3H3,(H2,31,46)(H,33,51)(H,34,47)(H,35,50)(H,36,49)(H,37,48)(H,38,52)(H,40,41)(H,42,43)(H,44,45). The summed E-state index contributed by atoms with van der Waals surface area (Å²) in [7, 11) is 0. The lowest BCUT2D eigenvalue weighted by Gasteiger charge is -2.27. The highest BCUT2D eigenvalue weighted by atomic mass is 16.4. The number of nitrogens with one attached hydrogen (secondary N) is 6. The number of carbonyl (C=O) groups excluding carboxylic acids is 7. The van der Waals surface area contributed by atoms with E-state index in [-0.39, 0.29) is 19.4 Å². The van der Waals surface area contributed by atoms with Crippen molar-refractivity contribution in [3.8, 4) is 0 Å². The predicted octanol–water partition coefficient (Wildman–Crippen LogP) is -5.93. The van der Waals surface area contributed by atoms with Gasteiger partial charge in [-0.05, 0) is 53.0 Å². The molecule has 0 aromatic heterocycles. The van der Waals surface area contributed by atoms with Crippen molar-refractivity contribution in [2.45, 2.75) is 108 Å². The number of amides is 7. The van der Waals surface area contributed by atoms with Crippen LogP contribution in [0.15, 0.2) is 0 Å². The molecule has 6 unspecified atom stereocenters. The number of carboxylic acids is 3. The molecule has 7 amide bonds. The van der Waals surface area contributed by atoms with Crippen LogP contribution in [-0.4, -0.2) is 135 Å². The number of carboxylic acid groups (broad SMARTS) is 3. The monoisotopic (exact) mass is 747 g/mol. The van der Waals surface area contributed by atoms with Crippen molar-refractivity contribution in [3.05, 3.63) is 0 Å². The molecule has 6 atom stereocenters. The van der Waals surface area contributed by atoms with E-state index in [1.54, 1.807) is 0 Å². The van der Waals surface area contributed by atoms with Gasteiger partial charge in [0.1, 0.15) is 36.3 Å². The lowest BCUT2D eigenvalue weighted by molar-refractivity contribution is -0.141. The Bertz CT molecular complexity index is 1340. The van der Waals surface area contributed by atoms with Crippen molar-refractivity contribution in [2.75, 3.05) is 13.2 Å². The molecule has 0 heterocycles. The zero-order valence-corrected chi connectivity index (χ0v) is 28.9. The maximum absolute atomic E-state index is 13.4. The number of rotatable bonds is 25. The van der Waals surface area contributed by atoms with E-state index < -0.39 is 140 Å². The van der Waals surface area contributed by atoms with E-state index in [0.29, 0.717) is 0 Å². The summed E-state index contributed by atoms with van der Waals surface area (Å²) < 4.78 is 0. The molecule has 0 saturated heterocycles. The summed E-state index contributed by atoms with van der Waals surface area (Å²) in [6.45, 7) is 2.91. The lowest BCUT2D eigenvalue weighted by atomic mass is 10.0. The topological polar surface area (TPSA) is 402 Å². The highest BCUT2D eigenvalue weighted by molar-refractivity contribution is 5.98. The smallest absolute Gasteiger partial charge is 0.305 e. The van der Waals surface area contributed by atoms with E-state index >= 15 is 0 Å². The van der Waals surface area contributed by atoms with Gasteiger partial charge in [-0.3, -0.25) is 47.9 Å². The molecule has 294 valence electrons. The molecule has 23 heteroatoms. The number of nitrogens with two attached hydrogens (primary N) is 3. The van der Waals surface area contributed by atoms with Crippen LogP contribution in [-0.2, 0) is 47.9 Å². The summed E-state index contributed by atoms with van der Waals surface area (Å²) in [5.74, 6) is -11.7. The molecule has 0 fully saturated rings. The first-order valence-corrected chi connectivity index (χ1v) is 15.9. The normalized spacial score (nSPS) is 14.5. The number of primary amides is 1. The van der Waals surface area contributed by atoms with E-state index in [0.717, 1.165) is 6.92 Å². The number of hydrogen-bond acceptors (Lipinski definition) is 13. The molecule has 16 N–H and O–H groups in total. The Labute approximate surface area is 297 Å². The van der Waals surface area contributed by atoms with Crippen LogP contribution in [0.4, 0.5) is 0 Å². The van der Waals surface area contributed by atoms with Gasteiger partial charge in [-0.15, -0.1) is 0 Å². The molecule has 0 spiro atoms. The fraction of sp³-hybridized carbons (Fsp3) is 0.655. The van der Waals surface area contributed by atoms with Crippen LogP contribution in [0.2, 0.25) is 0 Å². The van der Waals surface area contributed by atoms with Crippen LogP contribution in [0.1, 0.15) is 65.7 Å². The zero-order valence-electron chi connectivity index (χ0n) is 28.9. The van der Waals surface area contributed by atoms with E-state index in [2.05, 4.69) is 31.9 Å². The molecular formula is C29H49N9O14. The first-order chi connectivity index (χ1) is 24.0. The molecule has 0 saturated carbocycles.